The van der Waals surface area contributed by atoms with Crippen LogP contribution in [-0.4, -0.2) is 23.5 Å². The first-order chi connectivity index (χ1) is 5.61. The fourth-order valence-electron chi connectivity index (χ4n) is 0.620. The van der Waals surface area contributed by atoms with Crippen LogP contribution in [0.4, 0.5) is 0 Å². The third-order valence-corrected chi connectivity index (χ3v) is 1.46. The molecule has 0 aliphatic carbocycles. The molecule has 0 saturated heterocycles. The Morgan fingerprint density at radius 1 is 1.42 bits per heavy atom. The molecule has 1 aromatic heterocycles. The van der Waals surface area contributed by atoms with Crippen molar-refractivity contribution >= 4 is 15.8 Å². The molecule has 0 aliphatic heterocycles. The Balaban J connectivity index is 3.65. The molecular weight excluding hydrogens is 184 g/mol. The van der Waals surface area contributed by atoms with E-state index in [1.807, 2.05) is 0 Å². The largest absolute Gasteiger partial charge is 0.333 e. The molecule has 64 valence electrons. The molecule has 0 radical (unpaired) electrons. The molecule has 0 bridgehead atoms. The summed E-state index contributed by atoms with van der Waals surface area (Å²) in [5, 5.41) is 0. The van der Waals surface area contributed by atoms with Crippen molar-refractivity contribution in [1.29, 1.82) is 0 Å². The Labute approximate surface area is 67.6 Å². The first-order valence-corrected chi connectivity index (χ1v) is 3.98. The van der Waals surface area contributed by atoms with E-state index >= 15 is 0 Å². The minimum atomic E-state index is -2.57. The number of nitrogens with zero attached hydrogens (tertiary/aromatic N) is 1. The monoisotopic (exact) mass is 188 g/mol. The number of hydrogen-bond donors (Lipinski definition) is 1. The molecule has 0 unspecified atom stereocenters. The van der Waals surface area contributed by atoms with Crippen molar-refractivity contribution in [2.75, 3.05) is 0 Å². The SMILES string of the molecule is O=c1cc[nH]c(=O)n1C=S(=O)=O. The number of nitrogens with one attached hydrogen (secondary N) is 1. The van der Waals surface area contributed by atoms with E-state index in [2.05, 4.69) is 4.98 Å². The van der Waals surface area contributed by atoms with Crippen LogP contribution in [0.1, 0.15) is 0 Å². The molecule has 0 fully saturated rings. The molecule has 12 heavy (non-hydrogen) atoms. The van der Waals surface area contributed by atoms with Gasteiger partial charge in [-0.1, -0.05) is 0 Å². The highest BCUT2D eigenvalue weighted by atomic mass is 32.2. The average Bonchev–Trinajstić information content (AvgIpc) is 1.97. The topological polar surface area (TPSA) is 89.0 Å². The summed E-state index contributed by atoms with van der Waals surface area (Å²) in [6.45, 7) is 0. The van der Waals surface area contributed by atoms with Gasteiger partial charge in [0.2, 0.25) is 10.3 Å². The van der Waals surface area contributed by atoms with Crippen LogP contribution in [0.15, 0.2) is 21.9 Å². The highest BCUT2D eigenvalue weighted by molar-refractivity contribution is 7.71. The second kappa shape index (κ2) is 3.18. The maximum atomic E-state index is 10.8. The molecule has 1 N–H and O–H groups in total. The fraction of sp³-hybridized carbons (Fsp3) is 0. The van der Waals surface area contributed by atoms with Crippen molar-refractivity contribution in [3.8, 4) is 0 Å². The van der Waals surface area contributed by atoms with Gasteiger partial charge in [0.1, 0.15) is 5.49 Å². The average molecular weight is 188 g/mol. The first kappa shape index (κ1) is 8.47. The molecular formula is C5H4N2O4S. The number of H-pyrrole nitrogens is 1. The quantitative estimate of drug-likeness (QED) is 0.517. The van der Waals surface area contributed by atoms with Crippen molar-refractivity contribution < 1.29 is 8.42 Å². The number of hydrogen-bond acceptors (Lipinski definition) is 4. The van der Waals surface area contributed by atoms with Gasteiger partial charge in [-0.2, -0.15) is 8.42 Å². The van der Waals surface area contributed by atoms with Gasteiger partial charge in [0.15, 0.2) is 0 Å². The van der Waals surface area contributed by atoms with Crippen LogP contribution in [0.5, 0.6) is 0 Å². The predicted octanol–water partition coefficient (Wildman–Crippen LogP) is -1.98. The van der Waals surface area contributed by atoms with Gasteiger partial charge in [-0.25, -0.2) is 9.36 Å². The zero-order valence-corrected chi connectivity index (χ0v) is 6.54. The first-order valence-electron chi connectivity index (χ1n) is 2.84. The molecule has 0 aromatic carbocycles. The van der Waals surface area contributed by atoms with Gasteiger partial charge in [0, 0.05) is 12.3 Å². The summed E-state index contributed by atoms with van der Waals surface area (Å²) in [6, 6.07) is 1.05. The lowest BCUT2D eigenvalue weighted by molar-refractivity contribution is 0.627. The van der Waals surface area contributed by atoms with Gasteiger partial charge in [0.25, 0.3) is 5.56 Å². The highest BCUT2D eigenvalue weighted by Crippen LogP contribution is 1.60. The normalized spacial score (nSPS) is 9.33. The lowest BCUT2D eigenvalue weighted by atomic mass is 10.6. The van der Waals surface area contributed by atoms with Crippen LogP contribution in [0, 0.1) is 0 Å². The van der Waals surface area contributed by atoms with E-state index in [0.29, 0.717) is 10.1 Å². The van der Waals surface area contributed by atoms with Gasteiger partial charge in [-0.3, -0.25) is 4.79 Å². The van der Waals surface area contributed by atoms with E-state index in [4.69, 9.17) is 0 Å². The summed E-state index contributed by atoms with van der Waals surface area (Å²) in [7, 11) is -2.57. The molecule has 1 rings (SSSR count). The van der Waals surface area contributed by atoms with Crippen LogP contribution in [-0.2, 0) is 10.3 Å². The molecule has 0 aliphatic rings. The minimum Gasteiger partial charge on any atom is -0.314 e. The van der Waals surface area contributed by atoms with Gasteiger partial charge < -0.3 is 4.98 Å². The second-order valence-corrected chi connectivity index (χ2v) is 2.59. The third kappa shape index (κ3) is 1.70. The van der Waals surface area contributed by atoms with Crippen LogP contribution in [0.3, 0.4) is 0 Å². The Hall–Kier alpha value is -1.63. The Morgan fingerprint density at radius 2 is 2.08 bits per heavy atom. The molecule has 0 atom stereocenters. The van der Waals surface area contributed by atoms with Crippen LogP contribution < -0.4 is 11.2 Å². The van der Waals surface area contributed by atoms with Gasteiger partial charge in [0.05, 0.1) is 0 Å². The molecule has 6 nitrogen and oxygen atoms in total. The zero-order valence-electron chi connectivity index (χ0n) is 5.72. The van der Waals surface area contributed by atoms with Crippen LogP contribution >= 0.6 is 0 Å². The van der Waals surface area contributed by atoms with Crippen molar-refractivity contribution in [3.63, 3.8) is 0 Å². The van der Waals surface area contributed by atoms with E-state index in [0.717, 1.165) is 12.3 Å². The predicted molar refractivity (Wildman–Crippen MR) is 41.7 cm³/mol. The number of aromatic nitrogens is 2. The number of rotatable bonds is 1. The van der Waals surface area contributed by atoms with Gasteiger partial charge in [-0.05, 0) is 0 Å². The van der Waals surface area contributed by atoms with Crippen molar-refractivity contribution in [1.82, 2.24) is 9.55 Å². The minimum absolute atomic E-state index is 0.461. The highest BCUT2D eigenvalue weighted by Gasteiger charge is 1.94. The van der Waals surface area contributed by atoms with E-state index in [1.54, 1.807) is 0 Å². The third-order valence-electron chi connectivity index (χ3n) is 1.08. The smallest absolute Gasteiger partial charge is 0.314 e. The van der Waals surface area contributed by atoms with Gasteiger partial charge >= 0.3 is 5.69 Å². The van der Waals surface area contributed by atoms with Crippen LogP contribution in [0.25, 0.3) is 0 Å². The summed E-state index contributed by atoms with van der Waals surface area (Å²) < 4.78 is 20.7. The molecule has 0 spiro atoms. The van der Waals surface area contributed by atoms with E-state index in [9.17, 15) is 18.0 Å². The lowest BCUT2D eigenvalue weighted by Crippen LogP contribution is -2.33. The van der Waals surface area contributed by atoms with Crippen molar-refractivity contribution in [3.05, 3.63) is 33.1 Å². The van der Waals surface area contributed by atoms with E-state index < -0.39 is 21.5 Å². The van der Waals surface area contributed by atoms with Crippen molar-refractivity contribution in [2.24, 2.45) is 0 Å². The summed E-state index contributed by atoms with van der Waals surface area (Å²) >= 11 is 0. The number of aromatic amines is 1. The van der Waals surface area contributed by atoms with Gasteiger partial charge in [-0.15, -0.1) is 0 Å². The molecule has 7 heteroatoms. The summed E-state index contributed by atoms with van der Waals surface area (Å²) in [5.41, 5.74) is -0.976. The van der Waals surface area contributed by atoms with E-state index in [1.165, 1.54) is 0 Å². The molecule has 0 saturated carbocycles. The van der Waals surface area contributed by atoms with E-state index in [-0.39, 0.29) is 0 Å². The summed E-state index contributed by atoms with van der Waals surface area (Å²) in [6.07, 6.45) is 1.14. The molecule has 0 amide bonds. The molecule has 1 aromatic rings. The van der Waals surface area contributed by atoms with Crippen LogP contribution in [0.2, 0.25) is 0 Å². The lowest BCUT2D eigenvalue weighted by Gasteiger charge is -1.89. The molecule has 1 heterocycles. The Morgan fingerprint density at radius 3 is 2.58 bits per heavy atom. The maximum absolute atomic E-state index is 10.8. The fourth-order valence-corrected chi connectivity index (χ4v) is 0.992. The summed E-state index contributed by atoms with van der Waals surface area (Å²) in [4.78, 5) is 23.7. The Kier molecular flexibility index (Phi) is 2.24. The Bertz CT molecular complexity index is 485. The standard InChI is InChI=1S/C5H4N2O4S/c8-4-1-2-6-5(9)7(4)3-12(10)11/h1-3H,(H,6,9). The van der Waals surface area contributed by atoms with Crippen molar-refractivity contribution in [2.45, 2.75) is 0 Å². The second-order valence-electron chi connectivity index (χ2n) is 1.86. The summed E-state index contributed by atoms with van der Waals surface area (Å²) in [5.74, 6) is 0. The zero-order chi connectivity index (χ0) is 9.14. The maximum Gasteiger partial charge on any atom is 0.333 e.